The monoisotopic (exact) mass is 388 g/mol. The minimum atomic E-state index is 0.401. The number of ether oxygens (including phenoxy) is 4. The fourth-order valence-corrected chi connectivity index (χ4v) is 5.70. The van der Waals surface area contributed by atoms with Crippen molar-refractivity contribution in [3.8, 4) is 23.0 Å². The predicted molar refractivity (Wildman–Crippen MR) is 110 cm³/mol. The van der Waals surface area contributed by atoms with Crippen LogP contribution in [0.5, 0.6) is 23.0 Å². The largest absolute Gasteiger partial charge is 0.493 e. The second kappa shape index (κ2) is 8.34. The molecule has 1 aliphatic rings. The van der Waals surface area contributed by atoms with Gasteiger partial charge in [0.15, 0.2) is 23.0 Å². The zero-order chi connectivity index (χ0) is 19.6. The van der Waals surface area contributed by atoms with E-state index in [0.29, 0.717) is 22.3 Å². The van der Waals surface area contributed by atoms with Crippen LogP contribution in [-0.4, -0.2) is 28.4 Å². The van der Waals surface area contributed by atoms with Crippen LogP contribution < -0.4 is 18.9 Å². The highest BCUT2D eigenvalue weighted by Gasteiger charge is 2.40. The standard InChI is InChI=1S/C22H28O4S/c1-13-14(2)22(16-8-10-18(24-4)20(12-16)26-6)27-21(13)15-7-9-17(23-3)19(11-15)25-5/h7-14,21-22H,1-6H3. The van der Waals surface area contributed by atoms with E-state index in [4.69, 9.17) is 18.9 Å². The maximum absolute atomic E-state index is 5.50. The summed E-state index contributed by atoms with van der Waals surface area (Å²) in [5.41, 5.74) is 2.56. The summed E-state index contributed by atoms with van der Waals surface area (Å²) < 4.78 is 21.8. The minimum Gasteiger partial charge on any atom is -0.493 e. The van der Waals surface area contributed by atoms with E-state index >= 15 is 0 Å². The van der Waals surface area contributed by atoms with Gasteiger partial charge in [0.05, 0.1) is 28.4 Å². The molecule has 4 atom stereocenters. The molecule has 2 aromatic rings. The Morgan fingerprint density at radius 2 is 0.963 bits per heavy atom. The second-order valence-corrected chi connectivity index (χ2v) is 8.21. The number of methoxy groups -OCH3 is 4. The van der Waals surface area contributed by atoms with Crippen molar-refractivity contribution in [2.24, 2.45) is 11.8 Å². The first-order valence-corrected chi connectivity index (χ1v) is 10.1. The van der Waals surface area contributed by atoms with Crippen LogP contribution in [0.25, 0.3) is 0 Å². The molecule has 5 heteroatoms. The van der Waals surface area contributed by atoms with Crippen molar-refractivity contribution < 1.29 is 18.9 Å². The molecule has 146 valence electrons. The number of benzene rings is 2. The van der Waals surface area contributed by atoms with Gasteiger partial charge in [-0.1, -0.05) is 26.0 Å². The van der Waals surface area contributed by atoms with Crippen LogP contribution in [0.1, 0.15) is 35.5 Å². The Hall–Kier alpha value is -2.01. The molecule has 0 radical (unpaired) electrons. The molecule has 4 nitrogen and oxygen atoms in total. The molecule has 0 aliphatic carbocycles. The van der Waals surface area contributed by atoms with Gasteiger partial charge in [-0.15, -0.1) is 11.8 Å². The van der Waals surface area contributed by atoms with Crippen molar-refractivity contribution in [2.75, 3.05) is 28.4 Å². The van der Waals surface area contributed by atoms with Crippen LogP contribution in [0.4, 0.5) is 0 Å². The molecule has 0 N–H and O–H groups in total. The maximum atomic E-state index is 5.50. The van der Waals surface area contributed by atoms with Crippen LogP contribution >= 0.6 is 11.8 Å². The molecular formula is C22H28O4S. The molecule has 2 aromatic carbocycles. The summed E-state index contributed by atoms with van der Waals surface area (Å²) >= 11 is 2.01. The third kappa shape index (κ3) is 3.70. The first-order valence-electron chi connectivity index (χ1n) is 9.13. The molecular weight excluding hydrogens is 360 g/mol. The summed E-state index contributed by atoms with van der Waals surface area (Å²) in [5.74, 6) is 4.16. The van der Waals surface area contributed by atoms with E-state index in [1.165, 1.54) is 11.1 Å². The summed E-state index contributed by atoms with van der Waals surface area (Å²) in [6.07, 6.45) is 0. The summed E-state index contributed by atoms with van der Waals surface area (Å²) in [7, 11) is 6.70. The summed E-state index contributed by atoms with van der Waals surface area (Å²) in [6.45, 7) is 4.67. The molecule has 0 amide bonds. The number of thioether (sulfide) groups is 1. The normalized spacial score (nSPS) is 24.5. The van der Waals surface area contributed by atoms with Crippen molar-refractivity contribution in [3.05, 3.63) is 47.5 Å². The minimum absolute atomic E-state index is 0.401. The molecule has 1 fully saturated rings. The van der Waals surface area contributed by atoms with Gasteiger partial charge < -0.3 is 18.9 Å². The van der Waals surface area contributed by atoms with Gasteiger partial charge in [0.2, 0.25) is 0 Å². The van der Waals surface area contributed by atoms with E-state index in [1.54, 1.807) is 28.4 Å². The zero-order valence-corrected chi connectivity index (χ0v) is 17.6. The maximum Gasteiger partial charge on any atom is 0.161 e. The van der Waals surface area contributed by atoms with Gasteiger partial charge in [-0.25, -0.2) is 0 Å². The van der Waals surface area contributed by atoms with Crippen molar-refractivity contribution in [1.82, 2.24) is 0 Å². The topological polar surface area (TPSA) is 36.9 Å². The molecule has 1 saturated heterocycles. The number of hydrogen-bond donors (Lipinski definition) is 0. The van der Waals surface area contributed by atoms with E-state index in [9.17, 15) is 0 Å². The zero-order valence-electron chi connectivity index (χ0n) is 16.8. The second-order valence-electron chi connectivity index (χ2n) is 6.92. The third-order valence-corrected chi connectivity index (χ3v) is 7.54. The molecule has 3 rings (SSSR count). The highest BCUT2D eigenvalue weighted by Crippen LogP contribution is 2.59. The highest BCUT2D eigenvalue weighted by molar-refractivity contribution is 8.00. The van der Waals surface area contributed by atoms with Crippen molar-refractivity contribution in [3.63, 3.8) is 0 Å². The van der Waals surface area contributed by atoms with E-state index in [2.05, 4.69) is 38.1 Å². The smallest absolute Gasteiger partial charge is 0.161 e. The van der Waals surface area contributed by atoms with Gasteiger partial charge in [-0.3, -0.25) is 0 Å². The van der Waals surface area contributed by atoms with E-state index < -0.39 is 0 Å². The van der Waals surface area contributed by atoms with Gasteiger partial charge in [-0.2, -0.15) is 0 Å². The average Bonchev–Trinajstić information content (AvgIpc) is 3.01. The first-order chi connectivity index (χ1) is 13.0. The number of rotatable bonds is 6. The molecule has 0 spiro atoms. The van der Waals surface area contributed by atoms with Crippen molar-refractivity contribution >= 4 is 11.8 Å². The molecule has 0 bridgehead atoms. The van der Waals surface area contributed by atoms with Crippen LogP contribution in [0.3, 0.4) is 0 Å². The lowest BCUT2D eigenvalue weighted by Gasteiger charge is -2.19. The van der Waals surface area contributed by atoms with E-state index in [1.807, 2.05) is 23.9 Å². The van der Waals surface area contributed by atoms with E-state index in [0.717, 1.165) is 23.0 Å². The quantitative estimate of drug-likeness (QED) is 0.651. The predicted octanol–water partition coefficient (Wildman–Crippen LogP) is 5.52. The van der Waals surface area contributed by atoms with Crippen LogP contribution in [0, 0.1) is 11.8 Å². The Bertz CT molecular complexity index is 726. The Morgan fingerprint density at radius 3 is 1.30 bits per heavy atom. The highest BCUT2D eigenvalue weighted by atomic mass is 32.2. The van der Waals surface area contributed by atoms with Gasteiger partial charge in [-0.05, 0) is 47.2 Å². The molecule has 4 unspecified atom stereocenters. The van der Waals surface area contributed by atoms with E-state index in [-0.39, 0.29) is 0 Å². The van der Waals surface area contributed by atoms with Crippen LogP contribution in [0.15, 0.2) is 36.4 Å². The van der Waals surface area contributed by atoms with Gasteiger partial charge in [0.1, 0.15) is 0 Å². The van der Waals surface area contributed by atoms with Crippen molar-refractivity contribution in [2.45, 2.75) is 24.3 Å². The molecule has 1 aliphatic heterocycles. The Labute approximate surface area is 166 Å². The molecule has 0 aromatic heterocycles. The lowest BCUT2D eigenvalue weighted by atomic mass is 9.85. The Kier molecular flexibility index (Phi) is 6.10. The van der Waals surface area contributed by atoms with Gasteiger partial charge in [0.25, 0.3) is 0 Å². The molecule has 27 heavy (non-hydrogen) atoms. The fourth-order valence-electron chi connectivity index (χ4n) is 3.78. The number of hydrogen-bond acceptors (Lipinski definition) is 5. The Morgan fingerprint density at radius 1 is 0.593 bits per heavy atom. The third-order valence-electron chi connectivity index (χ3n) is 5.55. The van der Waals surface area contributed by atoms with Crippen LogP contribution in [0.2, 0.25) is 0 Å². The first kappa shape index (κ1) is 19.7. The van der Waals surface area contributed by atoms with Gasteiger partial charge in [0, 0.05) is 10.5 Å². The fraction of sp³-hybridized carbons (Fsp3) is 0.455. The summed E-state index contributed by atoms with van der Waals surface area (Å²) in [5, 5.41) is 0.802. The lowest BCUT2D eigenvalue weighted by Crippen LogP contribution is -2.10. The van der Waals surface area contributed by atoms with Crippen molar-refractivity contribution in [1.29, 1.82) is 0 Å². The lowest BCUT2D eigenvalue weighted by molar-refractivity contribution is 0.352. The summed E-state index contributed by atoms with van der Waals surface area (Å²) in [4.78, 5) is 0. The molecule has 0 saturated carbocycles. The summed E-state index contributed by atoms with van der Waals surface area (Å²) in [6, 6.07) is 12.5. The Balaban J connectivity index is 1.90. The average molecular weight is 389 g/mol. The molecule has 1 heterocycles. The SMILES string of the molecule is COc1ccc(C2SC(c3ccc(OC)c(OC)c3)C(C)C2C)cc1OC. The van der Waals surface area contributed by atoms with Crippen LogP contribution in [-0.2, 0) is 0 Å². The van der Waals surface area contributed by atoms with Gasteiger partial charge >= 0.3 is 0 Å².